The molecule has 1 atom stereocenters. The Labute approximate surface area is 154 Å². The molecule has 136 valence electrons. The predicted molar refractivity (Wildman–Crippen MR) is 102 cm³/mol. The number of nitrogens with zero attached hydrogens (tertiary/aromatic N) is 2. The van der Waals surface area contributed by atoms with Crippen LogP contribution < -0.4 is 10.2 Å². The van der Waals surface area contributed by atoms with Crippen LogP contribution in [0.25, 0.3) is 0 Å². The van der Waals surface area contributed by atoms with E-state index in [0.29, 0.717) is 6.04 Å². The molecule has 0 unspecified atom stereocenters. The molecule has 26 heavy (non-hydrogen) atoms. The van der Waals surface area contributed by atoms with Crippen LogP contribution >= 0.6 is 0 Å². The van der Waals surface area contributed by atoms with Crippen molar-refractivity contribution in [3.05, 3.63) is 60.2 Å². The molecule has 5 nitrogen and oxygen atoms in total. The van der Waals surface area contributed by atoms with Crippen molar-refractivity contribution < 1.29 is 9.90 Å². The number of hydrogen-bond donors (Lipinski definition) is 2. The summed E-state index contributed by atoms with van der Waals surface area (Å²) in [6.07, 6.45) is 2.20. The van der Waals surface area contributed by atoms with E-state index >= 15 is 0 Å². The number of nitrogens with one attached hydrogen (secondary N) is 1. The summed E-state index contributed by atoms with van der Waals surface area (Å²) in [6, 6.07) is 17.5. The van der Waals surface area contributed by atoms with Crippen molar-refractivity contribution in [2.24, 2.45) is 0 Å². The zero-order valence-corrected chi connectivity index (χ0v) is 14.8. The van der Waals surface area contributed by atoms with Crippen molar-refractivity contribution in [3.8, 4) is 5.75 Å². The van der Waals surface area contributed by atoms with Crippen molar-refractivity contribution in [3.63, 3.8) is 0 Å². The molecule has 2 N–H and O–H groups in total. The third kappa shape index (κ3) is 3.83. The van der Waals surface area contributed by atoms with Crippen LogP contribution in [0.15, 0.2) is 54.6 Å². The van der Waals surface area contributed by atoms with E-state index in [2.05, 4.69) is 15.1 Å². The van der Waals surface area contributed by atoms with Crippen LogP contribution in [0.1, 0.15) is 24.4 Å². The minimum atomic E-state index is -0.223. The molecule has 0 aromatic heterocycles. The summed E-state index contributed by atoms with van der Waals surface area (Å²) in [6.45, 7) is 3.40. The molecule has 5 heteroatoms. The number of piperazine rings is 1. The Kier molecular flexibility index (Phi) is 4.80. The minimum absolute atomic E-state index is 0.122. The maximum atomic E-state index is 12.9. The average molecular weight is 351 g/mol. The maximum Gasteiger partial charge on any atom is 0.242 e. The van der Waals surface area contributed by atoms with E-state index in [1.54, 1.807) is 12.1 Å². The largest absolute Gasteiger partial charge is 0.508 e. The van der Waals surface area contributed by atoms with Gasteiger partial charge < -0.3 is 15.3 Å². The number of aromatic hydroxyl groups is 1. The Bertz CT molecular complexity index is 736. The number of carbonyl (C=O) groups excluding carboxylic acids is 1. The maximum absolute atomic E-state index is 12.9. The van der Waals surface area contributed by atoms with Crippen molar-refractivity contribution in [1.29, 1.82) is 0 Å². The quantitative estimate of drug-likeness (QED) is 0.869. The molecule has 1 saturated carbocycles. The van der Waals surface area contributed by atoms with Gasteiger partial charge in [-0.1, -0.05) is 30.3 Å². The third-order valence-corrected chi connectivity index (χ3v) is 5.18. The summed E-state index contributed by atoms with van der Waals surface area (Å²) in [5, 5.41) is 12.6. The van der Waals surface area contributed by atoms with Gasteiger partial charge in [-0.15, -0.1) is 0 Å². The molecule has 1 heterocycles. The molecule has 2 aromatic carbocycles. The summed E-state index contributed by atoms with van der Waals surface area (Å²) in [5.41, 5.74) is 2.17. The molecule has 0 radical (unpaired) electrons. The second-order valence-electron chi connectivity index (χ2n) is 7.14. The van der Waals surface area contributed by atoms with E-state index in [4.69, 9.17) is 0 Å². The summed E-state index contributed by atoms with van der Waals surface area (Å²) in [4.78, 5) is 17.5. The molecule has 2 aromatic rings. The molecule has 2 aliphatic rings. The molecular weight excluding hydrogens is 326 g/mol. The van der Waals surface area contributed by atoms with Gasteiger partial charge in [0.1, 0.15) is 11.8 Å². The Morgan fingerprint density at radius 2 is 1.62 bits per heavy atom. The van der Waals surface area contributed by atoms with Gasteiger partial charge in [0.15, 0.2) is 0 Å². The normalized spacial score (nSPS) is 19.2. The number of phenols is 1. The summed E-state index contributed by atoms with van der Waals surface area (Å²) in [5.74, 6) is 0.407. The van der Waals surface area contributed by atoms with Crippen LogP contribution in [0.2, 0.25) is 0 Å². The first kappa shape index (κ1) is 16.9. The van der Waals surface area contributed by atoms with Gasteiger partial charge in [0.25, 0.3) is 0 Å². The first-order valence-corrected chi connectivity index (χ1v) is 9.34. The van der Waals surface area contributed by atoms with E-state index in [1.807, 2.05) is 42.5 Å². The van der Waals surface area contributed by atoms with Crippen molar-refractivity contribution in [2.75, 3.05) is 31.1 Å². The van der Waals surface area contributed by atoms with Gasteiger partial charge in [0.2, 0.25) is 5.91 Å². The zero-order chi connectivity index (χ0) is 17.9. The Morgan fingerprint density at radius 1 is 0.962 bits per heavy atom. The molecule has 0 spiro atoms. The smallest absolute Gasteiger partial charge is 0.242 e. The van der Waals surface area contributed by atoms with Gasteiger partial charge in [-0.2, -0.15) is 0 Å². The number of rotatable bonds is 5. The molecule has 4 rings (SSSR count). The van der Waals surface area contributed by atoms with Crippen molar-refractivity contribution >= 4 is 11.6 Å². The fourth-order valence-corrected chi connectivity index (χ4v) is 3.57. The standard InChI is InChI=1S/C21H25N3O2/c25-19-10-8-18(9-11-19)23-12-14-24(15-13-23)20(16-4-2-1-3-5-16)21(26)22-17-6-7-17/h1-5,8-11,17,20,25H,6-7,12-15H2,(H,22,26)/t20-/m0/s1. The van der Waals surface area contributed by atoms with Crippen LogP contribution in [0, 0.1) is 0 Å². The molecule has 1 aliphatic carbocycles. The fraction of sp³-hybridized carbons (Fsp3) is 0.381. The molecule has 1 saturated heterocycles. The van der Waals surface area contributed by atoms with Crippen LogP contribution in [0.4, 0.5) is 5.69 Å². The lowest BCUT2D eigenvalue weighted by molar-refractivity contribution is -0.127. The zero-order valence-electron chi connectivity index (χ0n) is 14.8. The van der Waals surface area contributed by atoms with Gasteiger partial charge in [0, 0.05) is 37.9 Å². The fourth-order valence-electron chi connectivity index (χ4n) is 3.57. The lowest BCUT2D eigenvalue weighted by atomic mass is 10.0. The van der Waals surface area contributed by atoms with Crippen LogP contribution in [-0.2, 0) is 4.79 Å². The molecule has 1 aliphatic heterocycles. The number of anilines is 1. The summed E-state index contributed by atoms with van der Waals surface area (Å²) < 4.78 is 0. The van der Waals surface area contributed by atoms with Gasteiger partial charge in [0.05, 0.1) is 0 Å². The number of carbonyl (C=O) groups is 1. The van der Waals surface area contributed by atoms with Crippen LogP contribution in [0.3, 0.4) is 0 Å². The van der Waals surface area contributed by atoms with Crippen LogP contribution in [0.5, 0.6) is 5.75 Å². The molecular formula is C21H25N3O2. The van der Waals surface area contributed by atoms with E-state index in [-0.39, 0.29) is 17.7 Å². The van der Waals surface area contributed by atoms with Crippen molar-refractivity contribution in [2.45, 2.75) is 24.9 Å². The van der Waals surface area contributed by atoms with E-state index < -0.39 is 0 Å². The Hall–Kier alpha value is -2.53. The van der Waals surface area contributed by atoms with E-state index in [9.17, 15) is 9.90 Å². The number of phenolic OH excluding ortho intramolecular Hbond substituents is 1. The molecule has 0 bridgehead atoms. The highest BCUT2D eigenvalue weighted by atomic mass is 16.3. The summed E-state index contributed by atoms with van der Waals surface area (Å²) >= 11 is 0. The minimum Gasteiger partial charge on any atom is -0.508 e. The van der Waals surface area contributed by atoms with E-state index in [1.165, 1.54) is 0 Å². The van der Waals surface area contributed by atoms with Gasteiger partial charge in [-0.05, 0) is 42.7 Å². The lowest BCUT2D eigenvalue weighted by Crippen LogP contribution is -2.51. The van der Waals surface area contributed by atoms with Gasteiger partial charge in [-0.25, -0.2) is 0 Å². The molecule has 1 amide bonds. The monoisotopic (exact) mass is 351 g/mol. The molecule has 2 fully saturated rings. The van der Waals surface area contributed by atoms with E-state index in [0.717, 1.165) is 50.3 Å². The number of amides is 1. The first-order chi connectivity index (χ1) is 12.7. The summed E-state index contributed by atoms with van der Waals surface area (Å²) in [7, 11) is 0. The SMILES string of the molecule is O=C(NC1CC1)[C@H](c1ccccc1)N1CCN(c2ccc(O)cc2)CC1. The highest BCUT2D eigenvalue weighted by molar-refractivity contribution is 5.83. The number of hydrogen-bond acceptors (Lipinski definition) is 4. The first-order valence-electron chi connectivity index (χ1n) is 9.34. The number of benzene rings is 2. The highest BCUT2D eigenvalue weighted by Gasteiger charge is 2.33. The third-order valence-electron chi connectivity index (χ3n) is 5.18. The second-order valence-corrected chi connectivity index (χ2v) is 7.14. The van der Waals surface area contributed by atoms with Crippen molar-refractivity contribution in [1.82, 2.24) is 10.2 Å². The Morgan fingerprint density at radius 3 is 2.23 bits per heavy atom. The van der Waals surface area contributed by atoms with Crippen LogP contribution in [-0.4, -0.2) is 48.1 Å². The average Bonchev–Trinajstić information content (AvgIpc) is 3.48. The second kappa shape index (κ2) is 7.38. The van der Waals surface area contributed by atoms with Gasteiger partial charge in [-0.3, -0.25) is 9.69 Å². The Balaban J connectivity index is 1.46. The predicted octanol–water partition coefficient (Wildman–Crippen LogP) is 2.53. The van der Waals surface area contributed by atoms with Gasteiger partial charge >= 0.3 is 0 Å². The highest BCUT2D eigenvalue weighted by Crippen LogP contribution is 2.27. The topological polar surface area (TPSA) is 55.8 Å². The lowest BCUT2D eigenvalue weighted by Gasteiger charge is -2.39.